The van der Waals surface area contributed by atoms with Crippen LogP contribution in [0.3, 0.4) is 0 Å². The predicted octanol–water partition coefficient (Wildman–Crippen LogP) is 1.97. The lowest BCUT2D eigenvalue weighted by molar-refractivity contribution is 0.116. The SMILES string of the molecule is O=C1OCC(Cc2cccc(C3COC(=O)O3)c2)O1. The second-order valence-electron chi connectivity index (χ2n) is 4.42. The fraction of sp³-hybridized carbons (Fsp3) is 0.385. The number of cyclic esters (lactones) is 4. The van der Waals surface area contributed by atoms with Crippen LogP contribution in [0.4, 0.5) is 9.59 Å². The fourth-order valence-corrected chi connectivity index (χ4v) is 2.14. The average molecular weight is 264 g/mol. The molecule has 2 fully saturated rings. The van der Waals surface area contributed by atoms with Crippen LogP contribution < -0.4 is 0 Å². The Morgan fingerprint density at radius 1 is 1.05 bits per heavy atom. The number of hydrogen-bond acceptors (Lipinski definition) is 6. The number of ether oxygens (including phenoxy) is 4. The Morgan fingerprint density at radius 2 is 1.84 bits per heavy atom. The van der Waals surface area contributed by atoms with E-state index in [-0.39, 0.29) is 25.4 Å². The molecule has 2 heterocycles. The third-order valence-electron chi connectivity index (χ3n) is 3.03. The minimum absolute atomic E-state index is 0.226. The van der Waals surface area contributed by atoms with Gasteiger partial charge >= 0.3 is 12.3 Å². The topological polar surface area (TPSA) is 71.1 Å². The molecule has 2 aliphatic heterocycles. The molecular formula is C13H12O6. The Hall–Kier alpha value is -2.24. The first-order valence-corrected chi connectivity index (χ1v) is 5.96. The van der Waals surface area contributed by atoms with Gasteiger partial charge in [0.2, 0.25) is 0 Å². The van der Waals surface area contributed by atoms with Crippen molar-refractivity contribution >= 4 is 12.3 Å². The molecule has 100 valence electrons. The van der Waals surface area contributed by atoms with Crippen LogP contribution in [0.25, 0.3) is 0 Å². The van der Waals surface area contributed by atoms with Crippen LogP contribution in [0, 0.1) is 0 Å². The zero-order valence-electron chi connectivity index (χ0n) is 10.0. The molecule has 0 spiro atoms. The van der Waals surface area contributed by atoms with Gasteiger partial charge in [-0.1, -0.05) is 24.3 Å². The molecule has 0 bridgehead atoms. The summed E-state index contributed by atoms with van der Waals surface area (Å²) in [6.45, 7) is 0.494. The first-order chi connectivity index (χ1) is 9.20. The van der Waals surface area contributed by atoms with Gasteiger partial charge < -0.3 is 18.9 Å². The molecule has 2 saturated heterocycles. The molecule has 0 saturated carbocycles. The first kappa shape index (κ1) is 11.8. The van der Waals surface area contributed by atoms with E-state index in [2.05, 4.69) is 0 Å². The van der Waals surface area contributed by atoms with E-state index in [0.29, 0.717) is 6.42 Å². The van der Waals surface area contributed by atoms with E-state index in [1.807, 2.05) is 24.3 Å². The molecule has 0 radical (unpaired) electrons. The minimum Gasteiger partial charge on any atom is -0.430 e. The highest BCUT2D eigenvalue weighted by Gasteiger charge is 2.28. The van der Waals surface area contributed by atoms with Gasteiger partial charge in [-0.25, -0.2) is 9.59 Å². The van der Waals surface area contributed by atoms with Gasteiger partial charge in [0.25, 0.3) is 0 Å². The van der Waals surface area contributed by atoms with Gasteiger partial charge in [0.1, 0.15) is 19.3 Å². The molecule has 19 heavy (non-hydrogen) atoms. The summed E-state index contributed by atoms with van der Waals surface area (Å²) < 4.78 is 19.5. The zero-order chi connectivity index (χ0) is 13.2. The van der Waals surface area contributed by atoms with E-state index < -0.39 is 12.3 Å². The monoisotopic (exact) mass is 264 g/mol. The van der Waals surface area contributed by atoms with Crippen molar-refractivity contribution in [1.82, 2.24) is 0 Å². The molecular weight excluding hydrogens is 252 g/mol. The molecule has 2 unspecified atom stereocenters. The maximum absolute atomic E-state index is 10.9. The van der Waals surface area contributed by atoms with Crippen LogP contribution in [-0.4, -0.2) is 31.6 Å². The number of rotatable bonds is 3. The van der Waals surface area contributed by atoms with Gasteiger partial charge in [-0.05, 0) is 11.1 Å². The Bertz CT molecular complexity index is 512. The van der Waals surface area contributed by atoms with Crippen molar-refractivity contribution in [1.29, 1.82) is 0 Å². The normalized spacial score (nSPS) is 25.5. The molecule has 6 heteroatoms. The number of hydrogen-bond donors (Lipinski definition) is 0. The molecule has 3 rings (SSSR count). The standard InChI is InChI=1S/C13H12O6/c14-12-16-6-10(18-12)5-8-2-1-3-9(4-8)11-7-17-13(15)19-11/h1-4,10-11H,5-7H2. The molecule has 0 N–H and O–H groups in total. The molecule has 2 atom stereocenters. The van der Waals surface area contributed by atoms with Crippen molar-refractivity contribution in [2.45, 2.75) is 18.6 Å². The second-order valence-corrected chi connectivity index (χ2v) is 4.42. The van der Waals surface area contributed by atoms with Gasteiger partial charge in [0, 0.05) is 6.42 Å². The highest BCUT2D eigenvalue weighted by Crippen LogP contribution is 2.25. The van der Waals surface area contributed by atoms with Crippen molar-refractivity contribution in [3.05, 3.63) is 35.4 Å². The van der Waals surface area contributed by atoms with E-state index in [1.165, 1.54) is 0 Å². The van der Waals surface area contributed by atoms with Crippen molar-refractivity contribution in [2.24, 2.45) is 0 Å². The molecule has 6 nitrogen and oxygen atoms in total. The van der Waals surface area contributed by atoms with Crippen molar-refractivity contribution in [3.63, 3.8) is 0 Å². The third kappa shape index (κ3) is 2.62. The Kier molecular flexibility index (Phi) is 2.98. The van der Waals surface area contributed by atoms with Gasteiger partial charge in [0.05, 0.1) is 0 Å². The van der Waals surface area contributed by atoms with Gasteiger partial charge in [-0.2, -0.15) is 0 Å². The summed E-state index contributed by atoms with van der Waals surface area (Å²) >= 11 is 0. The van der Waals surface area contributed by atoms with Crippen LogP contribution in [0.2, 0.25) is 0 Å². The van der Waals surface area contributed by atoms with E-state index in [9.17, 15) is 9.59 Å². The first-order valence-electron chi connectivity index (χ1n) is 5.96. The van der Waals surface area contributed by atoms with Gasteiger partial charge in [-0.3, -0.25) is 0 Å². The lowest BCUT2D eigenvalue weighted by Crippen LogP contribution is -2.13. The van der Waals surface area contributed by atoms with Crippen molar-refractivity contribution < 1.29 is 28.5 Å². The van der Waals surface area contributed by atoms with Crippen LogP contribution in [-0.2, 0) is 25.4 Å². The Labute approximate surface area is 109 Å². The molecule has 0 amide bonds. The molecule has 0 aliphatic carbocycles. The van der Waals surface area contributed by atoms with E-state index >= 15 is 0 Å². The van der Waals surface area contributed by atoms with E-state index in [4.69, 9.17) is 18.9 Å². The molecule has 2 aliphatic rings. The lowest BCUT2D eigenvalue weighted by Gasteiger charge is -2.10. The number of benzene rings is 1. The highest BCUT2D eigenvalue weighted by molar-refractivity contribution is 5.62. The van der Waals surface area contributed by atoms with E-state index in [1.54, 1.807) is 0 Å². The van der Waals surface area contributed by atoms with Crippen molar-refractivity contribution in [3.8, 4) is 0 Å². The summed E-state index contributed by atoms with van der Waals surface area (Å²) in [7, 11) is 0. The predicted molar refractivity (Wildman–Crippen MR) is 61.5 cm³/mol. The van der Waals surface area contributed by atoms with Crippen molar-refractivity contribution in [2.75, 3.05) is 13.2 Å². The summed E-state index contributed by atoms with van der Waals surface area (Å²) in [5.41, 5.74) is 1.86. The van der Waals surface area contributed by atoms with Crippen LogP contribution in [0.15, 0.2) is 24.3 Å². The van der Waals surface area contributed by atoms with Crippen LogP contribution >= 0.6 is 0 Å². The number of carbonyl (C=O) groups excluding carboxylic acids is 2. The summed E-state index contributed by atoms with van der Waals surface area (Å²) in [6, 6.07) is 7.58. The zero-order valence-corrected chi connectivity index (χ0v) is 10.0. The molecule has 1 aromatic carbocycles. The second kappa shape index (κ2) is 4.79. The summed E-state index contributed by atoms with van der Waals surface area (Å²) in [4.78, 5) is 21.7. The summed E-state index contributed by atoms with van der Waals surface area (Å²) in [5, 5.41) is 0. The summed E-state index contributed by atoms with van der Waals surface area (Å²) in [6.07, 6.45) is -1.33. The van der Waals surface area contributed by atoms with E-state index in [0.717, 1.165) is 11.1 Å². The quantitative estimate of drug-likeness (QED) is 0.777. The Morgan fingerprint density at radius 3 is 2.53 bits per heavy atom. The Balaban J connectivity index is 1.69. The maximum Gasteiger partial charge on any atom is 0.509 e. The van der Waals surface area contributed by atoms with Crippen LogP contribution in [0.5, 0.6) is 0 Å². The third-order valence-corrected chi connectivity index (χ3v) is 3.03. The van der Waals surface area contributed by atoms with Crippen LogP contribution in [0.1, 0.15) is 17.2 Å². The average Bonchev–Trinajstić information content (AvgIpc) is 2.99. The fourth-order valence-electron chi connectivity index (χ4n) is 2.14. The largest absolute Gasteiger partial charge is 0.509 e. The van der Waals surface area contributed by atoms with Gasteiger partial charge in [-0.15, -0.1) is 0 Å². The minimum atomic E-state index is -0.645. The smallest absolute Gasteiger partial charge is 0.430 e. The maximum atomic E-state index is 10.9. The number of carbonyl (C=O) groups is 2. The van der Waals surface area contributed by atoms with Gasteiger partial charge in [0.15, 0.2) is 6.10 Å². The molecule has 0 aromatic heterocycles. The highest BCUT2D eigenvalue weighted by atomic mass is 16.8. The molecule has 1 aromatic rings. The lowest BCUT2D eigenvalue weighted by atomic mass is 10.0. The summed E-state index contributed by atoms with van der Waals surface area (Å²) in [5.74, 6) is 0.